The summed E-state index contributed by atoms with van der Waals surface area (Å²) in [4.78, 5) is 17.9. The number of aromatic nitrogens is 1. The maximum atomic E-state index is 13.0. The molecule has 0 saturated heterocycles. The fourth-order valence-electron chi connectivity index (χ4n) is 3.17. The van der Waals surface area contributed by atoms with E-state index in [4.69, 9.17) is 4.98 Å². The summed E-state index contributed by atoms with van der Waals surface area (Å²) in [5.74, 6) is -0.132. The minimum Gasteiger partial charge on any atom is -0.322 e. The van der Waals surface area contributed by atoms with Gasteiger partial charge in [0.15, 0.2) is 0 Å². The van der Waals surface area contributed by atoms with Crippen molar-refractivity contribution in [3.8, 4) is 11.3 Å². The second kappa shape index (κ2) is 7.04. The van der Waals surface area contributed by atoms with Crippen molar-refractivity contribution >= 4 is 22.5 Å². The van der Waals surface area contributed by atoms with Gasteiger partial charge in [0.1, 0.15) is 0 Å². The van der Waals surface area contributed by atoms with Crippen LogP contribution < -0.4 is 5.32 Å². The van der Waals surface area contributed by atoms with Gasteiger partial charge in [-0.05, 0) is 37.6 Å². The Morgan fingerprint density at radius 3 is 2.33 bits per heavy atom. The highest BCUT2D eigenvalue weighted by Gasteiger charge is 2.15. The number of benzene rings is 3. The molecule has 4 aromatic rings. The standard InChI is InChI=1S/C24H20N2O/c1-16-11-13-18(14-12-16)22-15-21(20-10-6-7-17(2)23(20)26-22)24(27)25-19-8-4-3-5-9-19/h3-15H,1-2H3,(H,25,27). The highest BCUT2D eigenvalue weighted by Crippen LogP contribution is 2.27. The van der Waals surface area contributed by atoms with Crippen molar-refractivity contribution in [1.82, 2.24) is 4.98 Å². The molecule has 0 saturated carbocycles. The van der Waals surface area contributed by atoms with Gasteiger partial charge in [-0.2, -0.15) is 0 Å². The molecule has 1 N–H and O–H groups in total. The van der Waals surface area contributed by atoms with E-state index >= 15 is 0 Å². The molecule has 0 unspecified atom stereocenters. The average Bonchev–Trinajstić information content (AvgIpc) is 2.69. The molecule has 1 amide bonds. The summed E-state index contributed by atoms with van der Waals surface area (Å²) in [6, 6.07) is 25.5. The summed E-state index contributed by atoms with van der Waals surface area (Å²) in [5.41, 5.74) is 6.30. The first-order valence-corrected chi connectivity index (χ1v) is 8.95. The Kier molecular flexibility index (Phi) is 4.43. The van der Waals surface area contributed by atoms with Crippen LogP contribution in [0.25, 0.3) is 22.2 Å². The molecule has 132 valence electrons. The Labute approximate surface area is 158 Å². The summed E-state index contributed by atoms with van der Waals surface area (Å²) in [6.07, 6.45) is 0. The molecule has 3 heteroatoms. The van der Waals surface area contributed by atoms with Crippen LogP contribution >= 0.6 is 0 Å². The lowest BCUT2D eigenvalue weighted by molar-refractivity contribution is 0.102. The molecule has 3 nitrogen and oxygen atoms in total. The molecular weight excluding hydrogens is 332 g/mol. The second-order valence-electron chi connectivity index (χ2n) is 6.71. The van der Waals surface area contributed by atoms with Gasteiger partial charge in [0.2, 0.25) is 0 Å². The average molecular weight is 352 g/mol. The number of pyridine rings is 1. The molecule has 0 aliphatic carbocycles. The Morgan fingerprint density at radius 2 is 1.59 bits per heavy atom. The van der Waals surface area contributed by atoms with Gasteiger partial charge in [-0.15, -0.1) is 0 Å². The van der Waals surface area contributed by atoms with Gasteiger partial charge in [0, 0.05) is 16.6 Å². The number of hydrogen-bond acceptors (Lipinski definition) is 2. The van der Waals surface area contributed by atoms with Gasteiger partial charge < -0.3 is 5.32 Å². The molecule has 0 fully saturated rings. The van der Waals surface area contributed by atoms with Crippen LogP contribution in [0.5, 0.6) is 0 Å². The molecule has 1 aromatic heterocycles. The van der Waals surface area contributed by atoms with Crippen LogP contribution in [0, 0.1) is 13.8 Å². The molecule has 4 rings (SSSR count). The maximum Gasteiger partial charge on any atom is 0.256 e. The zero-order valence-corrected chi connectivity index (χ0v) is 15.4. The predicted octanol–water partition coefficient (Wildman–Crippen LogP) is 5.77. The topological polar surface area (TPSA) is 42.0 Å². The van der Waals surface area contributed by atoms with Gasteiger partial charge in [0.25, 0.3) is 5.91 Å². The number of carbonyl (C=O) groups is 1. The van der Waals surface area contributed by atoms with Crippen molar-refractivity contribution in [1.29, 1.82) is 0 Å². The largest absolute Gasteiger partial charge is 0.322 e. The molecule has 0 spiro atoms. The van der Waals surface area contributed by atoms with E-state index in [1.54, 1.807) is 0 Å². The van der Waals surface area contributed by atoms with Gasteiger partial charge in [-0.25, -0.2) is 4.98 Å². The van der Waals surface area contributed by atoms with Gasteiger partial charge in [-0.1, -0.05) is 66.2 Å². The van der Waals surface area contributed by atoms with Crippen LogP contribution in [0.4, 0.5) is 5.69 Å². The van der Waals surface area contributed by atoms with Crippen molar-refractivity contribution in [3.63, 3.8) is 0 Å². The van der Waals surface area contributed by atoms with Crippen LogP contribution in [-0.2, 0) is 0 Å². The molecule has 0 radical (unpaired) electrons. The van der Waals surface area contributed by atoms with Crippen LogP contribution in [0.2, 0.25) is 0 Å². The maximum absolute atomic E-state index is 13.0. The first kappa shape index (κ1) is 17.0. The van der Waals surface area contributed by atoms with Crippen LogP contribution in [0.3, 0.4) is 0 Å². The lowest BCUT2D eigenvalue weighted by Gasteiger charge is -2.12. The van der Waals surface area contributed by atoms with E-state index < -0.39 is 0 Å². The van der Waals surface area contributed by atoms with E-state index in [1.807, 2.05) is 73.7 Å². The smallest absolute Gasteiger partial charge is 0.256 e. The number of nitrogens with one attached hydrogen (secondary N) is 1. The van der Waals surface area contributed by atoms with Gasteiger partial charge >= 0.3 is 0 Å². The first-order valence-electron chi connectivity index (χ1n) is 8.95. The van der Waals surface area contributed by atoms with E-state index in [2.05, 4.69) is 24.4 Å². The Bertz CT molecular complexity index is 1120. The fourth-order valence-corrected chi connectivity index (χ4v) is 3.17. The zero-order valence-electron chi connectivity index (χ0n) is 15.4. The Hall–Kier alpha value is -3.46. The highest BCUT2D eigenvalue weighted by molar-refractivity contribution is 6.13. The monoisotopic (exact) mass is 352 g/mol. The predicted molar refractivity (Wildman–Crippen MR) is 111 cm³/mol. The third-order valence-electron chi connectivity index (χ3n) is 4.66. The van der Waals surface area contributed by atoms with E-state index in [-0.39, 0.29) is 5.91 Å². The number of anilines is 1. The third kappa shape index (κ3) is 3.44. The summed E-state index contributed by atoms with van der Waals surface area (Å²) >= 11 is 0. The third-order valence-corrected chi connectivity index (χ3v) is 4.66. The Morgan fingerprint density at radius 1 is 0.852 bits per heavy atom. The SMILES string of the molecule is Cc1ccc(-c2cc(C(=O)Nc3ccccc3)c3cccc(C)c3n2)cc1. The molecule has 3 aromatic carbocycles. The number of amides is 1. The van der Waals surface area contributed by atoms with E-state index in [0.717, 1.165) is 33.4 Å². The summed E-state index contributed by atoms with van der Waals surface area (Å²) in [7, 11) is 0. The molecule has 0 bridgehead atoms. The summed E-state index contributed by atoms with van der Waals surface area (Å²) in [6.45, 7) is 4.08. The van der Waals surface area contributed by atoms with Gasteiger partial charge in [-0.3, -0.25) is 4.79 Å². The fraction of sp³-hybridized carbons (Fsp3) is 0.0833. The number of para-hydroxylation sites is 2. The van der Waals surface area contributed by atoms with Crippen LogP contribution in [0.1, 0.15) is 21.5 Å². The van der Waals surface area contributed by atoms with Gasteiger partial charge in [0.05, 0.1) is 16.8 Å². The minimum atomic E-state index is -0.132. The van der Waals surface area contributed by atoms with E-state index in [1.165, 1.54) is 5.56 Å². The number of hydrogen-bond donors (Lipinski definition) is 1. The Balaban J connectivity index is 1.86. The van der Waals surface area contributed by atoms with E-state index in [0.29, 0.717) is 5.56 Å². The lowest BCUT2D eigenvalue weighted by atomic mass is 10.0. The molecule has 0 aliphatic heterocycles. The number of rotatable bonds is 3. The quantitative estimate of drug-likeness (QED) is 0.508. The number of aryl methyl sites for hydroxylation is 2. The normalized spacial score (nSPS) is 10.7. The lowest BCUT2D eigenvalue weighted by Crippen LogP contribution is -2.13. The number of nitrogens with zero attached hydrogens (tertiary/aromatic N) is 1. The summed E-state index contributed by atoms with van der Waals surface area (Å²) in [5, 5.41) is 3.85. The van der Waals surface area contributed by atoms with Crippen LogP contribution in [-0.4, -0.2) is 10.9 Å². The minimum absolute atomic E-state index is 0.132. The molecule has 27 heavy (non-hydrogen) atoms. The van der Waals surface area contributed by atoms with Crippen molar-refractivity contribution < 1.29 is 4.79 Å². The number of carbonyl (C=O) groups excluding carboxylic acids is 1. The molecule has 0 atom stereocenters. The van der Waals surface area contributed by atoms with Crippen molar-refractivity contribution in [2.45, 2.75) is 13.8 Å². The van der Waals surface area contributed by atoms with Crippen molar-refractivity contribution in [3.05, 3.63) is 95.6 Å². The second-order valence-corrected chi connectivity index (χ2v) is 6.71. The summed E-state index contributed by atoms with van der Waals surface area (Å²) < 4.78 is 0. The number of fused-ring (bicyclic) bond motifs is 1. The molecule has 1 heterocycles. The van der Waals surface area contributed by atoms with Crippen molar-refractivity contribution in [2.24, 2.45) is 0 Å². The molecular formula is C24H20N2O. The van der Waals surface area contributed by atoms with Crippen LogP contribution in [0.15, 0.2) is 78.9 Å². The zero-order chi connectivity index (χ0) is 18.8. The van der Waals surface area contributed by atoms with Crippen molar-refractivity contribution in [2.75, 3.05) is 5.32 Å². The first-order chi connectivity index (χ1) is 13.1. The van der Waals surface area contributed by atoms with E-state index in [9.17, 15) is 4.79 Å². The highest BCUT2D eigenvalue weighted by atomic mass is 16.1. The molecule has 0 aliphatic rings.